The number of rotatable bonds is 3. The summed E-state index contributed by atoms with van der Waals surface area (Å²) < 4.78 is 5.29. The van der Waals surface area contributed by atoms with E-state index in [1.807, 2.05) is 26.8 Å². The molecule has 2 aliphatic rings. The third kappa shape index (κ3) is 4.03. The molecule has 0 radical (unpaired) electrons. The van der Waals surface area contributed by atoms with Crippen molar-refractivity contribution in [3.63, 3.8) is 0 Å². The molecule has 126 valence electrons. The lowest BCUT2D eigenvalue weighted by molar-refractivity contribution is 0.0636. The van der Waals surface area contributed by atoms with Crippen LogP contribution in [0.1, 0.15) is 57.2 Å². The van der Waals surface area contributed by atoms with Crippen LogP contribution in [0.5, 0.6) is 0 Å². The Morgan fingerprint density at radius 3 is 2.70 bits per heavy atom. The number of amides is 1. The highest BCUT2D eigenvalue weighted by atomic mass is 16.6. The van der Waals surface area contributed by atoms with Crippen LogP contribution in [0, 0.1) is 0 Å². The van der Waals surface area contributed by atoms with E-state index >= 15 is 0 Å². The zero-order chi connectivity index (χ0) is 16.6. The minimum absolute atomic E-state index is 0.369. The highest BCUT2D eigenvalue weighted by molar-refractivity contribution is 5.85. The first-order valence-electron chi connectivity index (χ1n) is 8.44. The van der Waals surface area contributed by atoms with Crippen LogP contribution in [-0.4, -0.2) is 23.8 Å². The van der Waals surface area contributed by atoms with Crippen LogP contribution in [0.2, 0.25) is 0 Å². The second-order valence-electron chi connectivity index (χ2n) is 7.73. The van der Waals surface area contributed by atoms with Crippen LogP contribution in [0.4, 0.5) is 10.5 Å². The standard InChI is InChI=1S/C18H27N3O2/c1-18(2,3)23-17(22)21-13-5-6-15-11(8-13)4-7-16(15)20-14-9-12(19)10-14/h5-6,8,12,14,16,20H,4,7,9-10,19H2,1-3H3,(H,21,22). The predicted octanol–water partition coefficient (Wildman–Crippen LogP) is 3.10. The van der Waals surface area contributed by atoms with Crippen LogP contribution < -0.4 is 16.4 Å². The Bertz CT molecular complexity index is 588. The molecule has 0 bridgehead atoms. The van der Waals surface area contributed by atoms with Crippen LogP contribution in [0.3, 0.4) is 0 Å². The van der Waals surface area contributed by atoms with Crippen LogP contribution in [-0.2, 0) is 11.2 Å². The Balaban J connectivity index is 1.61. The number of carbonyl (C=O) groups is 1. The number of fused-ring (bicyclic) bond motifs is 1. The lowest BCUT2D eigenvalue weighted by atomic mass is 9.86. The Labute approximate surface area is 138 Å². The molecule has 5 heteroatoms. The molecule has 1 unspecified atom stereocenters. The zero-order valence-electron chi connectivity index (χ0n) is 14.2. The fraction of sp³-hybridized carbons (Fsp3) is 0.611. The van der Waals surface area contributed by atoms with Crippen molar-refractivity contribution in [2.24, 2.45) is 5.73 Å². The number of carbonyl (C=O) groups excluding carboxylic acids is 1. The fourth-order valence-corrected chi connectivity index (χ4v) is 3.37. The first-order valence-corrected chi connectivity index (χ1v) is 8.44. The van der Waals surface area contributed by atoms with Gasteiger partial charge in [0.25, 0.3) is 0 Å². The summed E-state index contributed by atoms with van der Waals surface area (Å²) in [6.45, 7) is 5.58. The summed E-state index contributed by atoms with van der Waals surface area (Å²) in [6.07, 6.45) is 3.88. The zero-order valence-corrected chi connectivity index (χ0v) is 14.2. The number of hydrogen-bond acceptors (Lipinski definition) is 4. The van der Waals surface area contributed by atoms with Crippen molar-refractivity contribution in [1.29, 1.82) is 0 Å². The van der Waals surface area contributed by atoms with Gasteiger partial charge in [-0.15, -0.1) is 0 Å². The molecule has 1 fully saturated rings. The van der Waals surface area contributed by atoms with Gasteiger partial charge in [-0.25, -0.2) is 4.79 Å². The summed E-state index contributed by atoms with van der Waals surface area (Å²) in [5, 5.41) is 6.52. The molecule has 1 saturated carbocycles. The van der Waals surface area contributed by atoms with Gasteiger partial charge in [0.15, 0.2) is 0 Å². The molecule has 3 rings (SSSR count). The monoisotopic (exact) mass is 317 g/mol. The van der Waals surface area contributed by atoms with Crippen molar-refractivity contribution < 1.29 is 9.53 Å². The summed E-state index contributed by atoms with van der Waals surface area (Å²) in [5.41, 5.74) is 8.82. The van der Waals surface area contributed by atoms with Crippen molar-refractivity contribution >= 4 is 11.8 Å². The van der Waals surface area contributed by atoms with E-state index in [2.05, 4.69) is 22.8 Å². The molecule has 1 aromatic rings. The third-order valence-corrected chi connectivity index (χ3v) is 4.48. The second kappa shape index (κ2) is 6.13. The molecule has 5 nitrogen and oxygen atoms in total. The van der Waals surface area contributed by atoms with Crippen molar-refractivity contribution in [3.05, 3.63) is 29.3 Å². The van der Waals surface area contributed by atoms with Gasteiger partial charge in [0.05, 0.1) is 0 Å². The molecule has 23 heavy (non-hydrogen) atoms. The lowest BCUT2D eigenvalue weighted by Crippen LogP contribution is -2.49. The van der Waals surface area contributed by atoms with E-state index in [1.165, 1.54) is 11.1 Å². The van der Waals surface area contributed by atoms with E-state index in [1.54, 1.807) is 0 Å². The highest BCUT2D eigenvalue weighted by Gasteiger charge is 2.31. The van der Waals surface area contributed by atoms with Gasteiger partial charge in [-0.2, -0.15) is 0 Å². The first-order chi connectivity index (χ1) is 10.8. The smallest absolute Gasteiger partial charge is 0.412 e. The molecule has 1 amide bonds. The maximum atomic E-state index is 11.9. The molecule has 1 atom stereocenters. The fourth-order valence-electron chi connectivity index (χ4n) is 3.37. The minimum atomic E-state index is -0.487. The predicted molar refractivity (Wildman–Crippen MR) is 91.5 cm³/mol. The van der Waals surface area contributed by atoms with Crippen molar-refractivity contribution in [3.8, 4) is 0 Å². The number of anilines is 1. The number of nitrogens with two attached hydrogens (primary N) is 1. The topological polar surface area (TPSA) is 76.4 Å². The highest BCUT2D eigenvalue weighted by Crippen LogP contribution is 2.35. The van der Waals surface area contributed by atoms with Crippen molar-refractivity contribution in [1.82, 2.24) is 5.32 Å². The Hall–Kier alpha value is -1.59. The average molecular weight is 317 g/mol. The quantitative estimate of drug-likeness (QED) is 0.800. The van der Waals surface area contributed by atoms with Gasteiger partial charge in [0.2, 0.25) is 0 Å². The van der Waals surface area contributed by atoms with Crippen LogP contribution in [0.15, 0.2) is 18.2 Å². The molecular formula is C18H27N3O2. The molecule has 0 spiro atoms. The number of hydrogen-bond donors (Lipinski definition) is 3. The Morgan fingerprint density at radius 2 is 2.04 bits per heavy atom. The normalized spacial score (nSPS) is 26.3. The SMILES string of the molecule is CC(C)(C)OC(=O)Nc1ccc2c(c1)CCC2NC1CC(N)C1. The van der Waals surface area contributed by atoms with Crippen molar-refractivity contribution in [2.45, 2.75) is 70.2 Å². The van der Waals surface area contributed by atoms with Gasteiger partial charge in [0.1, 0.15) is 5.60 Å². The van der Waals surface area contributed by atoms with Gasteiger partial charge in [-0.3, -0.25) is 5.32 Å². The van der Waals surface area contributed by atoms with E-state index in [4.69, 9.17) is 10.5 Å². The van der Waals surface area contributed by atoms with E-state index < -0.39 is 11.7 Å². The number of ether oxygens (including phenoxy) is 1. The molecule has 0 aromatic heterocycles. The molecule has 0 saturated heterocycles. The van der Waals surface area contributed by atoms with Gasteiger partial charge < -0.3 is 15.8 Å². The van der Waals surface area contributed by atoms with Gasteiger partial charge in [-0.05, 0) is 69.7 Å². The van der Waals surface area contributed by atoms with Gasteiger partial charge in [0, 0.05) is 23.8 Å². The van der Waals surface area contributed by atoms with Crippen LogP contribution >= 0.6 is 0 Å². The van der Waals surface area contributed by atoms with Crippen molar-refractivity contribution in [2.75, 3.05) is 5.32 Å². The molecule has 0 heterocycles. The van der Waals surface area contributed by atoms with E-state index in [0.29, 0.717) is 18.1 Å². The number of aryl methyl sites for hydroxylation is 1. The van der Waals surface area contributed by atoms with Crippen LogP contribution in [0.25, 0.3) is 0 Å². The summed E-state index contributed by atoms with van der Waals surface area (Å²) >= 11 is 0. The maximum absolute atomic E-state index is 11.9. The molecule has 0 aliphatic heterocycles. The first kappa shape index (κ1) is 16.3. The number of nitrogens with one attached hydrogen (secondary N) is 2. The third-order valence-electron chi connectivity index (χ3n) is 4.48. The number of benzene rings is 1. The molecule has 2 aliphatic carbocycles. The average Bonchev–Trinajstić information content (AvgIpc) is 2.77. The molecule has 4 N–H and O–H groups in total. The summed E-state index contributed by atoms with van der Waals surface area (Å²) in [6, 6.07) is 7.47. The summed E-state index contributed by atoms with van der Waals surface area (Å²) in [5.74, 6) is 0. The second-order valence-corrected chi connectivity index (χ2v) is 7.73. The summed E-state index contributed by atoms with van der Waals surface area (Å²) in [4.78, 5) is 11.9. The van der Waals surface area contributed by atoms with Gasteiger partial charge in [-0.1, -0.05) is 6.07 Å². The molecular weight excluding hydrogens is 290 g/mol. The largest absolute Gasteiger partial charge is 0.444 e. The lowest BCUT2D eigenvalue weighted by Gasteiger charge is -2.35. The Kier molecular flexibility index (Phi) is 4.34. The van der Waals surface area contributed by atoms with E-state index in [0.717, 1.165) is 31.4 Å². The Morgan fingerprint density at radius 1 is 1.30 bits per heavy atom. The molecule has 1 aromatic carbocycles. The minimum Gasteiger partial charge on any atom is -0.444 e. The van der Waals surface area contributed by atoms with E-state index in [9.17, 15) is 4.79 Å². The van der Waals surface area contributed by atoms with Gasteiger partial charge >= 0.3 is 6.09 Å². The maximum Gasteiger partial charge on any atom is 0.412 e. The summed E-state index contributed by atoms with van der Waals surface area (Å²) in [7, 11) is 0. The van der Waals surface area contributed by atoms with E-state index in [-0.39, 0.29) is 0 Å².